The van der Waals surface area contributed by atoms with Crippen LogP contribution in [0, 0.1) is 12.3 Å². The molecule has 1 heterocycles. The predicted molar refractivity (Wildman–Crippen MR) is 50.4 cm³/mol. The van der Waals surface area contributed by atoms with E-state index in [0.29, 0.717) is 6.54 Å². The van der Waals surface area contributed by atoms with Crippen LogP contribution >= 0.6 is 0 Å². The van der Waals surface area contributed by atoms with Gasteiger partial charge in [-0.05, 0) is 30.2 Å². The van der Waals surface area contributed by atoms with E-state index in [-0.39, 0.29) is 5.91 Å². The van der Waals surface area contributed by atoms with E-state index in [9.17, 15) is 4.79 Å². The van der Waals surface area contributed by atoms with Crippen LogP contribution < -0.4 is 5.32 Å². The van der Waals surface area contributed by atoms with Gasteiger partial charge >= 0.3 is 0 Å². The molecule has 1 aliphatic heterocycles. The summed E-state index contributed by atoms with van der Waals surface area (Å²) in [5.74, 6) is 2.56. The van der Waals surface area contributed by atoms with Crippen LogP contribution in [-0.2, 0) is 6.42 Å². The summed E-state index contributed by atoms with van der Waals surface area (Å²) in [6.45, 7) is 0.708. The Bertz CT molecular complexity index is 401. The van der Waals surface area contributed by atoms with Crippen LogP contribution in [0.1, 0.15) is 21.5 Å². The SMILES string of the molecule is C#Cc1ccc2c(c1)CCNC2=O. The quantitative estimate of drug-likeness (QED) is 0.579. The minimum Gasteiger partial charge on any atom is -0.352 e. The Hall–Kier alpha value is -1.75. The van der Waals surface area contributed by atoms with E-state index >= 15 is 0 Å². The first-order valence-corrected chi connectivity index (χ1v) is 4.19. The van der Waals surface area contributed by atoms with E-state index in [4.69, 9.17) is 6.42 Å². The minimum atomic E-state index is 0.00446. The fraction of sp³-hybridized carbons (Fsp3) is 0.182. The molecule has 2 rings (SSSR count). The first-order chi connectivity index (χ1) is 6.31. The van der Waals surface area contributed by atoms with Gasteiger partial charge < -0.3 is 5.32 Å². The lowest BCUT2D eigenvalue weighted by atomic mass is 9.98. The smallest absolute Gasteiger partial charge is 0.251 e. The Kier molecular flexibility index (Phi) is 1.79. The van der Waals surface area contributed by atoms with Crippen LogP contribution in [0.25, 0.3) is 0 Å². The molecule has 1 aliphatic rings. The molecule has 0 unspecified atom stereocenters. The third kappa shape index (κ3) is 1.29. The van der Waals surface area contributed by atoms with Gasteiger partial charge in [0.05, 0.1) is 0 Å². The van der Waals surface area contributed by atoms with Crippen molar-refractivity contribution >= 4 is 5.91 Å². The van der Waals surface area contributed by atoms with Crippen molar-refractivity contribution < 1.29 is 4.79 Å². The first-order valence-electron chi connectivity index (χ1n) is 4.19. The molecule has 1 N–H and O–H groups in total. The summed E-state index contributed by atoms with van der Waals surface area (Å²) < 4.78 is 0. The normalized spacial score (nSPS) is 14.2. The molecule has 0 radical (unpaired) electrons. The highest BCUT2D eigenvalue weighted by Crippen LogP contribution is 2.15. The Balaban J connectivity index is 2.53. The monoisotopic (exact) mass is 171 g/mol. The molecule has 0 bridgehead atoms. The van der Waals surface area contributed by atoms with Crippen molar-refractivity contribution in [1.82, 2.24) is 5.32 Å². The molecule has 1 amide bonds. The van der Waals surface area contributed by atoms with Gasteiger partial charge in [-0.2, -0.15) is 0 Å². The van der Waals surface area contributed by atoms with Crippen molar-refractivity contribution in [2.45, 2.75) is 6.42 Å². The predicted octanol–water partition coefficient (Wildman–Crippen LogP) is 0.954. The van der Waals surface area contributed by atoms with Crippen LogP contribution in [-0.4, -0.2) is 12.5 Å². The van der Waals surface area contributed by atoms with E-state index in [1.807, 2.05) is 6.07 Å². The van der Waals surface area contributed by atoms with Gasteiger partial charge in [0.25, 0.3) is 5.91 Å². The second kappa shape index (κ2) is 2.95. The van der Waals surface area contributed by atoms with E-state index in [1.54, 1.807) is 12.1 Å². The zero-order valence-corrected chi connectivity index (χ0v) is 7.13. The number of carbonyl (C=O) groups excluding carboxylic acids is 1. The Morgan fingerprint density at radius 3 is 3.08 bits per heavy atom. The Morgan fingerprint density at radius 2 is 2.31 bits per heavy atom. The molecule has 1 aromatic rings. The number of terminal acetylenes is 1. The molecule has 0 fully saturated rings. The zero-order valence-electron chi connectivity index (χ0n) is 7.13. The van der Waals surface area contributed by atoms with Crippen molar-refractivity contribution in [3.63, 3.8) is 0 Å². The van der Waals surface area contributed by atoms with Gasteiger partial charge in [0.1, 0.15) is 0 Å². The van der Waals surface area contributed by atoms with E-state index in [1.165, 1.54) is 0 Å². The van der Waals surface area contributed by atoms with E-state index in [0.717, 1.165) is 23.1 Å². The van der Waals surface area contributed by atoms with Gasteiger partial charge in [0.2, 0.25) is 0 Å². The molecule has 0 aliphatic carbocycles. The first kappa shape index (κ1) is 7.88. The van der Waals surface area contributed by atoms with Crippen LogP contribution in [0.5, 0.6) is 0 Å². The maximum atomic E-state index is 11.3. The molecule has 0 spiro atoms. The molecule has 0 saturated carbocycles. The van der Waals surface area contributed by atoms with Crippen LogP contribution in [0.4, 0.5) is 0 Å². The number of hydrogen-bond donors (Lipinski definition) is 1. The van der Waals surface area contributed by atoms with Crippen molar-refractivity contribution in [1.29, 1.82) is 0 Å². The molecule has 0 aromatic heterocycles. The maximum absolute atomic E-state index is 11.3. The van der Waals surface area contributed by atoms with E-state index < -0.39 is 0 Å². The summed E-state index contributed by atoms with van der Waals surface area (Å²) in [5, 5.41) is 2.79. The number of amides is 1. The summed E-state index contributed by atoms with van der Waals surface area (Å²) in [6.07, 6.45) is 6.14. The molecule has 1 aromatic carbocycles. The minimum absolute atomic E-state index is 0.00446. The summed E-state index contributed by atoms with van der Waals surface area (Å²) >= 11 is 0. The number of carbonyl (C=O) groups is 1. The maximum Gasteiger partial charge on any atom is 0.251 e. The summed E-state index contributed by atoms with van der Waals surface area (Å²) in [5.41, 5.74) is 2.65. The second-order valence-corrected chi connectivity index (χ2v) is 3.02. The van der Waals surface area contributed by atoms with Crippen LogP contribution in [0.15, 0.2) is 18.2 Å². The molecule has 64 valence electrons. The molecule has 0 saturated heterocycles. The van der Waals surface area contributed by atoms with Gasteiger partial charge in [-0.1, -0.05) is 5.92 Å². The highest BCUT2D eigenvalue weighted by atomic mass is 16.1. The molecular weight excluding hydrogens is 162 g/mol. The van der Waals surface area contributed by atoms with Crippen molar-refractivity contribution in [3.8, 4) is 12.3 Å². The number of rotatable bonds is 0. The van der Waals surface area contributed by atoms with Crippen LogP contribution in [0.2, 0.25) is 0 Å². The lowest BCUT2D eigenvalue weighted by molar-refractivity contribution is 0.0946. The molecule has 13 heavy (non-hydrogen) atoms. The molecule has 2 nitrogen and oxygen atoms in total. The highest BCUT2D eigenvalue weighted by molar-refractivity contribution is 5.96. The number of nitrogens with one attached hydrogen (secondary N) is 1. The molecular formula is C11H9NO. The van der Waals surface area contributed by atoms with Gasteiger partial charge in [0.15, 0.2) is 0 Å². The third-order valence-corrected chi connectivity index (χ3v) is 2.20. The summed E-state index contributed by atoms with van der Waals surface area (Å²) in [4.78, 5) is 11.3. The number of benzene rings is 1. The standard InChI is InChI=1S/C11H9NO/c1-2-8-3-4-10-9(7-8)5-6-12-11(10)13/h1,3-4,7H,5-6H2,(H,12,13). The third-order valence-electron chi connectivity index (χ3n) is 2.20. The fourth-order valence-corrected chi connectivity index (χ4v) is 1.52. The van der Waals surface area contributed by atoms with E-state index in [2.05, 4.69) is 11.2 Å². The van der Waals surface area contributed by atoms with Crippen LogP contribution in [0.3, 0.4) is 0 Å². The van der Waals surface area contributed by atoms with Gasteiger partial charge in [-0.25, -0.2) is 0 Å². The topological polar surface area (TPSA) is 29.1 Å². The second-order valence-electron chi connectivity index (χ2n) is 3.02. The average Bonchev–Trinajstić information content (AvgIpc) is 2.18. The largest absolute Gasteiger partial charge is 0.352 e. The highest BCUT2D eigenvalue weighted by Gasteiger charge is 2.15. The molecule has 0 atom stereocenters. The Morgan fingerprint density at radius 1 is 1.46 bits per heavy atom. The van der Waals surface area contributed by atoms with Crippen molar-refractivity contribution in [2.75, 3.05) is 6.54 Å². The molecule has 2 heteroatoms. The average molecular weight is 171 g/mol. The summed E-state index contributed by atoms with van der Waals surface area (Å²) in [7, 11) is 0. The Labute approximate surface area is 77.0 Å². The van der Waals surface area contributed by atoms with Gasteiger partial charge in [-0.3, -0.25) is 4.79 Å². The lowest BCUT2D eigenvalue weighted by Gasteiger charge is -2.15. The van der Waals surface area contributed by atoms with Gasteiger partial charge in [0, 0.05) is 17.7 Å². The van der Waals surface area contributed by atoms with Crippen molar-refractivity contribution in [3.05, 3.63) is 34.9 Å². The lowest BCUT2D eigenvalue weighted by Crippen LogP contribution is -2.31. The van der Waals surface area contributed by atoms with Gasteiger partial charge in [-0.15, -0.1) is 6.42 Å². The fourth-order valence-electron chi connectivity index (χ4n) is 1.52. The van der Waals surface area contributed by atoms with Crippen molar-refractivity contribution in [2.24, 2.45) is 0 Å². The summed E-state index contributed by atoms with van der Waals surface area (Å²) in [6, 6.07) is 5.50. The number of fused-ring (bicyclic) bond motifs is 1. The zero-order chi connectivity index (χ0) is 9.26. The number of hydrogen-bond acceptors (Lipinski definition) is 1.